The van der Waals surface area contributed by atoms with E-state index >= 15 is 0 Å². The lowest BCUT2D eigenvalue weighted by Crippen LogP contribution is -2.43. The Bertz CT molecular complexity index is 324. The average molecular weight is 259 g/mol. The lowest BCUT2D eigenvalue weighted by atomic mass is 10.2. The molecule has 1 heterocycles. The molecule has 4 heteroatoms. The fourth-order valence-corrected chi connectivity index (χ4v) is 2.25. The van der Waals surface area contributed by atoms with Crippen molar-refractivity contribution in [3.8, 4) is 0 Å². The second-order valence-corrected chi connectivity index (χ2v) is 4.19. The van der Waals surface area contributed by atoms with Crippen molar-refractivity contribution >= 4 is 21.6 Å². The van der Waals surface area contributed by atoms with E-state index in [1.165, 1.54) is 12.1 Å². The highest BCUT2D eigenvalue weighted by molar-refractivity contribution is 9.10. The average Bonchev–Trinajstić information content (AvgIpc) is 2.19. The van der Waals surface area contributed by atoms with Crippen molar-refractivity contribution in [1.29, 1.82) is 0 Å². The quantitative estimate of drug-likeness (QED) is 0.829. The largest absolute Gasteiger partial charge is 0.368 e. The Labute approximate surface area is 91.2 Å². The molecule has 0 spiro atoms. The van der Waals surface area contributed by atoms with Crippen LogP contribution >= 0.6 is 15.9 Å². The number of piperazine rings is 1. The molecule has 76 valence electrons. The van der Waals surface area contributed by atoms with Gasteiger partial charge < -0.3 is 10.2 Å². The maximum absolute atomic E-state index is 12.9. The number of anilines is 1. The van der Waals surface area contributed by atoms with Crippen LogP contribution in [0.15, 0.2) is 22.7 Å². The van der Waals surface area contributed by atoms with Crippen molar-refractivity contribution in [2.75, 3.05) is 31.1 Å². The molecule has 1 aliphatic heterocycles. The van der Waals surface area contributed by atoms with Gasteiger partial charge in [0.05, 0.1) is 5.69 Å². The van der Waals surface area contributed by atoms with Gasteiger partial charge in [0.1, 0.15) is 5.82 Å². The third-order valence-corrected chi connectivity index (χ3v) is 3.00. The third-order valence-electron chi connectivity index (χ3n) is 2.37. The molecule has 1 saturated heterocycles. The first-order chi connectivity index (χ1) is 6.77. The van der Waals surface area contributed by atoms with Gasteiger partial charge in [0.25, 0.3) is 0 Å². The molecule has 0 bridgehead atoms. The SMILES string of the molecule is Fc1ccc(N2CCNCC2)c(Br)c1. The van der Waals surface area contributed by atoms with E-state index in [4.69, 9.17) is 0 Å². The van der Waals surface area contributed by atoms with Crippen LogP contribution in [0.25, 0.3) is 0 Å². The van der Waals surface area contributed by atoms with Crippen molar-refractivity contribution in [3.63, 3.8) is 0 Å². The molecule has 0 atom stereocenters. The maximum atomic E-state index is 12.9. The van der Waals surface area contributed by atoms with Gasteiger partial charge >= 0.3 is 0 Å². The van der Waals surface area contributed by atoms with E-state index in [9.17, 15) is 4.39 Å². The summed E-state index contributed by atoms with van der Waals surface area (Å²) in [5.41, 5.74) is 1.08. The van der Waals surface area contributed by atoms with Crippen molar-refractivity contribution in [2.45, 2.75) is 0 Å². The van der Waals surface area contributed by atoms with Crippen LogP contribution in [0.4, 0.5) is 10.1 Å². The monoisotopic (exact) mass is 258 g/mol. The van der Waals surface area contributed by atoms with Gasteiger partial charge in [0.15, 0.2) is 0 Å². The zero-order valence-electron chi connectivity index (χ0n) is 7.76. The van der Waals surface area contributed by atoms with Crippen LogP contribution in [0.3, 0.4) is 0 Å². The smallest absolute Gasteiger partial charge is 0.124 e. The molecule has 0 aliphatic carbocycles. The van der Waals surface area contributed by atoms with Crippen LogP contribution in [0.2, 0.25) is 0 Å². The lowest BCUT2D eigenvalue weighted by Gasteiger charge is -2.30. The van der Waals surface area contributed by atoms with E-state index in [-0.39, 0.29) is 5.82 Å². The van der Waals surface area contributed by atoms with Crippen LogP contribution in [0.5, 0.6) is 0 Å². The molecule has 1 aliphatic rings. The van der Waals surface area contributed by atoms with Crippen LogP contribution in [-0.2, 0) is 0 Å². The lowest BCUT2D eigenvalue weighted by molar-refractivity contribution is 0.586. The Morgan fingerprint density at radius 2 is 2.00 bits per heavy atom. The summed E-state index contributed by atoms with van der Waals surface area (Å²) in [7, 11) is 0. The number of hydrogen-bond acceptors (Lipinski definition) is 2. The molecule has 0 saturated carbocycles. The summed E-state index contributed by atoms with van der Waals surface area (Å²) in [6.45, 7) is 3.93. The predicted molar refractivity (Wildman–Crippen MR) is 59.2 cm³/mol. The van der Waals surface area contributed by atoms with Gasteiger partial charge in [0, 0.05) is 30.7 Å². The number of nitrogens with one attached hydrogen (secondary N) is 1. The Morgan fingerprint density at radius 1 is 1.29 bits per heavy atom. The normalized spacial score (nSPS) is 17.1. The predicted octanol–water partition coefficient (Wildman–Crippen LogP) is 2.00. The summed E-state index contributed by atoms with van der Waals surface area (Å²) in [5, 5.41) is 3.28. The van der Waals surface area contributed by atoms with E-state index in [1.807, 2.05) is 6.07 Å². The topological polar surface area (TPSA) is 15.3 Å². The molecule has 1 aromatic carbocycles. The summed E-state index contributed by atoms with van der Waals surface area (Å²) in [6, 6.07) is 4.84. The van der Waals surface area contributed by atoms with Crippen LogP contribution in [-0.4, -0.2) is 26.2 Å². The molecule has 2 nitrogen and oxygen atoms in total. The van der Waals surface area contributed by atoms with E-state index in [2.05, 4.69) is 26.1 Å². The number of rotatable bonds is 1. The van der Waals surface area contributed by atoms with Crippen molar-refractivity contribution < 1.29 is 4.39 Å². The maximum Gasteiger partial charge on any atom is 0.124 e. The first kappa shape index (κ1) is 9.93. The molecule has 0 aromatic heterocycles. The highest BCUT2D eigenvalue weighted by atomic mass is 79.9. The molecule has 0 unspecified atom stereocenters. The number of hydrogen-bond donors (Lipinski definition) is 1. The number of nitrogens with zero attached hydrogens (tertiary/aromatic N) is 1. The summed E-state index contributed by atoms with van der Waals surface area (Å²) >= 11 is 3.38. The van der Waals surface area contributed by atoms with Crippen molar-refractivity contribution in [2.24, 2.45) is 0 Å². The molecule has 2 rings (SSSR count). The van der Waals surface area contributed by atoms with E-state index in [0.717, 1.165) is 36.3 Å². The Morgan fingerprint density at radius 3 is 2.64 bits per heavy atom. The second kappa shape index (κ2) is 4.28. The van der Waals surface area contributed by atoms with Gasteiger partial charge in [-0.05, 0) is 34.1 Å². The summed E-state index contributed by atoms with van der Waals surface area (Å²) in [4.78, 5) is 2.25. The van der Waals surface area contributed by atoms with Crippen LogP contribution < -0.4 is 10.2 Å². The third kappa shape index (κ3) is 2.07. The zero-order chi connectivity index (χ0) is 9.97. The van der Waals surface area contributed by atoms with E-state index in [1.54, 1.807) is 0 Å². The van der Waals surface area contributed by atoms with Gasteiger partial charge in [-0.3, -0.25) is 0 Å². The minimum Gasteiger partial charge on any atom is -0.368 e. The molecular formula is C10H12BrFN2. The first-order valence-electron chi connectivity index (χ1n) is 4.68. The molecule has 0 amide bonds. The summed E-state index contributed by atoms with van der Waals surface area (Å²) in [6.07, 6.45) is 0. The summed E-state index contributed by atoms with van der Waals surface area (Å²) < 4.78 is 13.7. The Kier molecular flexibility index (Phi) is 3.03. The molecule has 14 heavy (non-hydrogen) atoms. The molecule has 1 aromatic rings. The molecule has 0 radical (unpaired) electrons. The van der Waals surface area contributed by atoms with E-state index in [0.29, 0.717) is 0 Å². The van der Waals surface area contributed by atoms with Gasteiger partial charge in [0.2, 0.25) is 0 Å². The minimum absolute atomic E-state index is 0.198. The van der Waals surface area contributed by atoms with Crippen LogP contribution in [0, 0.1) is 5.82 Å². The second-order valence-electron chi connectivity index (χ2n) is 3.33. The summed E-state index contributed by atoms with van der Waals surface area (Å²) in [5.74, 6) is -0.198. The van der Waals surface area contributed by atoms with E-state index < -0.39 is 0 Å². The molecular weight excluding hydrogens is 247 g/mol. The van der Waals surface area contributed by atoms with Crippen molar-refractivity contribution in [3.05, 3.63) is 28.5 Å². The Balaban J connectivity index is 2.22. The Hall–Kier alpha value is -0.610. The fraction of sp³-hybridized carbons (Fsp3) is 0.400. The number of halogens is 2. The van der Waals surface area contributed by atoms with Gasteiger partial charge in [-0.1, -0.05) is 0 Å². The fourth-order valence-electron chi connectivity index (χ4n) is 1.64. The first-order valence-corrected chi connectivity index (χ1v) is 5.47. The molecule has 1 N–H and O–H groups in total. The van der Waals surface area contributed by atoms with Gasteiger partial charge in [-0.2, -0.15) is 0 Å². The highest BCUT2D eigenvalue weighted by Gasteiger charge is 2.13. The zero-order valence-corrected chi connectivity index (χ0v) is 9.35. The minimum atomic E-state index is -0.198. The van der Waals surface area contributed by atoms with Crippen molar-refractivity contribution in [1.82, 2.24) is 5.32 Å². The molecule has 1 fully saturated rings. The van der Waals surface area contributed by atoms with Crippen LogP contribution in [0.1, 0.15) is 0 Å². The highest BCUT2D eigenvalue weighted by Crippen LogP contribution is 2.26. The van der Waals surface area contributed by atoms with Gasteiger partial charge in [-0.15, -0.1) is 0 Å². The number of benzene rings is 1. The standard InChI is InChI=1S/C10H12BrFN2/c11-9-7-8(12)1-2-10(9)14-5-3-13-4-6-14/h1-2,7,13H,3-6H2. The van der Waals surface area contributed by atoms with Gasteiger partial charge in [-0.25, -0.2) is 4.39 Å².